The molecule has 0 bridgehead atoms. The van der Waals surface area contributed by atoms with Gasteiger partial charge in [0.2, 0.25) is 0 Å². The summed E-state index contributed by atoms with van der Waals surface area (Å²) in [4.78, 5) is 10.4. The molecule has 0 spiro atoms. The molecule has 0 unspecified atom stereocenters. The van der Waals surface area contributed by atoms with Gasteiger partial charge >= 0.3 is 5.82 Å². The van der Waals surface area contributed by atoms with Crippen molar-refractivity contribution in [2.24, 2.45) is 10.2 Å². The Balaban J connectivity index is 1.78. The van der Waals surface area contributed by atoms with Gasteiger partial charge in [-0.2, -0.15) is 0 Å². The monoisotopic (exact) mass is 457 g/mol. The highest BCUT2D eigenvalue weighted by molar-refractivity contribution is 6.30. The molecule has 0 amide bonds. The third kappa shape index (κ3) is 5.25. The summed E-state index contributed by atoms with van der Waals surface area (Å²) in [6, 6.07) is 24.9. The average Bonchev–Trinajstić information content (AvgIpc) is 2.85. The first-order valence-corrected chi connectivity index (χ1v) is 10.2. The SMILES string of the molecule is O=[N+]([O-])c1ccc(N=N/C(=C(/[O-])c2ccccc2)[n+]2cccc(-c3ccc(Cl)cc3)n2)cc1. The van der Waals surface area contributed by atoms with Crippen LogP contribution in [0, 0.1) is 10.1 Å². The number of nitro benzene ring substituents is 1. The molecule has 0 aliphatic carbocycles. The lowest BCUT2D eigenvalue weighted by molar-refractivity contribution is -0.648. The molecule has 0 N–H and O–H groups in total. The third-order valence-corrected chi connectivity index (χ3v) is 4.87. The average molecular weight is 458 g/mol. The van der Waals surface area contributed by atoms with Gasteiger partial charge in [-0.25, -0.2) is 0 Å². The Labute approximate surface area is 193 Å². The maximum absolute atomic E-state index is 13.2. The largest absolute Gasteiger partial charge is 0.866 e. The van der Waals surface area contributed by atoms with Crippen LogP contribution >= 0.6 is 11.6 Å². The number of aromatic nitrogens is 2. The van der Waals surface area contributed by atoms with Crippen LogP contribution in [0.5, 0.6) is 0 Å². The molecule has 3 aromatic carbocycles. The van der Waals surface area contributed by atoms with Crippen LogP contribution in [0.15, 0.2) is 107 Å². The van der Waals surface area contributed by atoms with E-state index in [-0.39, 0.29) is 17.3 Å². The molecule has 0 radical (unpaired) electrons. The van der Waals surface area contributed by atoms with E-state index in [9.17, 15) is 15.2 Å². The molecule has 8 nitrogen and oxygen atoms in total. The summed E-state index contributed by atoms with van der Waals surface area (Å²) < 4.78 is 1.36. The molecular formula is C24H16ClN5O3. The quantitative estimate of drug-likeness (QED) is 0.133. The molecule has 0 saturated heterocycles. The van der Waals surface area contributed by atoms with E-state index in [1.807, 2.05) is 12.1 Å². The number of rotatable bonds is 6. The number of hydrogen-bond donors (Lipinski definition) is 0. The van der Waals surface area contributed by atoms with Gasteiger partial charge in [0.1, 0.15) is 17.6 Å². The Morgan fingerprint density at radius 3 is 2.27 bits per heavy atom. The summed E-state index contributed by atoms with van der Waals surface area (Å²) in [6.07, 6.45) is 1.60. The lowest BCUT2D eigenvalue weighted by Crippen LogP contribution is -2.37. The topological polar surface area (TPSA) is 108 Å². The van der Waals surface area contributed by atoms with E-state index in [0.29, 0.717) is 22.0 Å². The number of benzene rings is 3. The Morgan fingerprint density at radius 2 is 1.61 bits per heavy atom. The van der Waals surface area contributed by atoms with Gasteiger partial charge in [-0.15, -0.1) is 0 Å². The molecule has 4 aromatic rings. The van der Waals surface area contributed by atoms with Gasteiger partial charge in [0.15, 0.2) is 0 Å². The van der Waals surface area contributed by atoms with Crippen LogP contribution in [0.4, 0.5) is 11.4 Å². The Kier molecular flexibility index (Phi) is 6.47. The molecule has 0 aliphatic heterocycles. The van der Waals surface area contributed by atoms with E-state index in [1.54, 1.807) is 60.8 Å². The van der Waals surface area contributed by atoms with Crippen molar-refractivity contribution in [1.82, 2.24) is 5.10 Å². The predicted molar refractivity (Wildman–Crippen MR) is 122 cm³/mol. The van der Waals surface area contributed by atoms with Gasteiger partial charge in [0.25, 0.3) is 5.69 Å². The summed E-state index contributed by atoms with van der Waals surface area (Å²) in [5.74, 6) is -0.414. The highest BCUT2D eigenvalue weighted by Gasteiger charge is 2.17. The van der Waals surface area contributed by atoms with E-state index in [4.69, 9.17) is 11.6 Å². The molecule has 0 saturated carbocycles. The second-order valence-electron chi connectivity index (χ2n) is 6.84. The maximum Gasteiger partial charge on any atom is 0.368 e. The highest BCUT2D eigenvalue weighted by Crippen LogP contribution is 2.22. The standard InChI is InChI=1S/C24H16ClN5O3/c25-19-10-8-17(9-11-19)22-7-4-16-29(28-22)24(23(31)18-5-2-1-3-6-18)27-26-20-12-14-21(15-13-20)30(32)33/h1-16H. The van der Waals surface area contributed by atoms with E-state index < -0.39 is 4.92 Å². The zero-order valence-electron chi connectivity index (χ0n) is 17.1. The minimum Gasteiger partial charge on any atom is -0.866 e. The summed E-state index contributed by atoms with van der Waals surface area (Å²) >= 11 is 5.98. The van der Waals surface area contributed by atoms with Gasteiger partial charge in [0, 0.05) is 28.5 Å². The minimum atomic E-state index is -0.501. The fraction of sp³-hybridized carbons (Fsp3) is 0. The van der Waals surface area contributed by atoms with Crippen LogP contribution in [0.1, 0.15) is 5.56 Å². The Hall–Kier alpha value is -4.43. The number of halogens is 1. The van der Waals surface area contributed by atoms with Crippen LogP contribution in [0.25, 0.3) is 22.8 Å². The highest BCUT2D eigenvalue weighted by atomic mass is 35.5. The van der Waals surface area contributed by atoms with Gasteiger partial charge < -0.3 is 5.11 Å². The zero-order valence-corrected chi connectivity index (χ0v) is 17.8. The van der Waals surface area contributed by atoms with Crippen molar-refractivity contribution < 1.29 is 14.7 Å². The van der Waals surface area contributed by atoms with E-state index in [0.717, 1.165) is 5.56 Å². The predicted octanol–water partition coefficient (Wildman–Crippen LogP) is 5.03. The summed E-state index contributed by atoms with van der Waals surface area (Å²) in [7, 11) is 0. The maximum atomic E-state index is 13.2. The number of azo groups is 1. The fourth-order valence-corrected chi connectivity index (χ4v) is 3.08. The van der Waals surface area contributed by atoms with Gasteiger partial charge in [-0.1, -0.05) is 63.8 Å². The summed E-state index contributed by atoms with van der Waals surface area (Å²) in [5.41, 5.74) is 2.13. The molecule has 162 valence electrons. The first-order chi connectivity index (χ1) is 16.0. The summed E-state index contributed by atoms with van der Waals surface area (Å²) in [5, 5.41) is 37.5. The number of nitrogens with zero attached hydrogens (tertiary/aromatic N) is 5. The molecule has 1 aromatic heterocycles. The van der Waals surface area contributed by atoms with Crippen LogP contribution < -0.4 is 9.79 Å². The lowest BCUT2D eigenvalue weighted by Gasteiger charge is -2.11. The van der Waals surface area contributed by atoms with Crippen molar-refractivity contribution in [2.75, 3.05) is 0 Å². The van der Waals surface area contributed by atoms with Crippen molar-refractivity contribution >= 4 is 34.6 Å². The van der Waals surface area contributed by atoms with Crippen molar-refractivity contribution in [2.45, 2.75) is 0 Å². The van der Waals surface area contributed by atoms with Gasteiger partial charge in [0.05, 0.1) is 10.0 Å². The van der Waals surface area contributed by atoms with E-state index in [2.05, 4.69) is 15.3 Å². The molecule has 0 fully saturated rings. The van der Waals surface area contributed by atoms with Crippen molar-refractivity contribution in [3.05, 3.63) is 118 Å². The van der Waals surface area contributed by atoms with Crippen molar-refractivity contribution in [1.29, 1.82) is 0 Å². The minimum absolute atomic E-state index is 0.0321. The Morgan fingerprint density at radius 1 is 0.909 bits per heavy atom. The molecule has 33 heavy (non-hydrogen) atoms. The van der Waals surface area contributed by atoms with Crippen LogP contribution in [0.2, 0.25) is 5.02 Å². The third-order valence-electron chi connectivity index (χ3n) is 4.61. The molecule has 1 heterocycles. The molecular weight excluding hydrogens is 442 g/mol. The van der Waals surface area contributed by atoms with Crippen LogP contribution in [0.3, 0.4) is 0 Å². The molecule has 4 rings (SSSR count). The van der Waals surface area contributed by atoms with Gasteiger partial charge in [-0.05, 0) is 47.1 Å². The second kappa shape index (κ2) is 9.80. The normalized spacial score (nSPS) is 11.9. The molecule has 0 aliphatic rings. The number of hydrogen-bond acceptors (Lipinski definition) is 6. The van der Waals surface area contributed by atoms with Gasteiger partial charge in [-0.3, -0.25) is 10.1 Å². The van der Waals surface area contributed by atoms with Crippen LogP contribution in [-0.2, 0) is 0 Å². The van der Waals surface area contributed by atoms with E-state index in [1.165, 1.54) is 28.9 Å². The number of non-ortho nitro benzene ring substituents is 1. The smallest absolute Gasteiger partial charge is 0.368 e. The lowest BCUT2D eigenvalue weighted by atomic mass is 10.1. The second-order valence-corrected chi connectivity index (χ2v) is 7.27. The zero-order chi connectivity index (χ0) is 23.2. The fourth-order valence-electron chi connectivity index (χ4n) is 2.95. The van der Waals surface area contributed by atoms with Crippen molar-refractivity contribution in [3.63, 3.8) is 0 Å². The molecule has 0 atom stereocenters. The van der Waals surface area contributed by atoms with E-state index >= 15 is 0 Å². The first-order valence-electron chi connectivity index (χ1n) is 9.79. The number of nitro groups is 1. The first kappa shape index (κ1) is 21.8. The Bertz CT molecular complexity index is 1340. The molecule has 9 heteroatoms. The summed E-state index contributed by atoms with van der Waals surface area (Å²) in [6.45, 7) is 0. The van der Waals surface area contributed by atoms with Crippen LogP contribution in [-0.4, -0.2) is 10.0 Å². The van der Waals surface area contributed by atoms with Crippen molar-refractivity contribution in [3.8, 4) is 11.3 Å².